The SMILES string of the molecule is CC.Cn1c(=O)ccc2c(Br)c(C(=O)N3CCC3)sc21. The molecule has 0 radical (unpaired) electrons. The molecule has 1 aliphatic rings. The normalized spacial score (nSPS) is 13.7. The highest BCUT2D eigenvalue weighted by atomic mass is 79.9. The molecule has 20 heavy (non-hydrogen) atoms. The van der Waals surface area contributed by atoms with Gasteiger partial charge in [-0.05, 0) is 28.4 Å². The molecule has 108 valence electrons. The van der Waals surface area contributed by atoms with E-state index in [0.29, 0.717) is 4.88 Å². The van der Waals surface area contributed by atoms with E-state index in [4.69, 9.17) is 0 Å². The number of carbonyl (C=O) groups excluding carboxylic acids is 1. The molecule has 0 saturated carbocycles. The van der Waals surface area contributed by atoms with E-state index in [1.807, 2.05) is 18.7 Å². The maximum Gasteiger partial charge on any atom is 0.265 e. The lowest BCUT2D eigenvalue weighted by molar-refractivity contribution is 0.0656. The number of hydrogen-bond acceptors (Lipinski definition) is 3. The Labute approximate surface area is 130 Å². The van der Waals surface area contributed by atoms with Gasteiger partial charge in [-0.2, -0.15) is 0 Å². The fourth-order valence-corrected chi connectivity index (χ4v) is 3.95. The third kappa shape index (κ3) is 2.42. The number of aryl methyl sites for hydroxylation is 1. The number of halogens is 1. The number of pyridine rings is 1. The van der Waals surface area contributed by atoms with Crippen LogP contribution >= 0.6 is 27.3 Å². The highest BCUT2D eigenvalue weighted by Crippen LogP contribution is 2.35. The molecule has 0 atom stereocenters. The van der Waals surface area contributed by atoms with Gasteiger partial charge in [-0.15, -0.1) is 11.3 Å². The molecule has 1 aliphatic heterocycles. The van der Waals surface area contributed by atoms with Crippen LogP contribution in [0.2, 0.25) is 0 Å². The Kier molecular flexibility index (Phi) is 4.65. The average Bonchev–Trinajstić information content (AvgIpc) is 2.72. The lowest BCUT2D eigenvalue weighted by atomic mass is 10.2. The smallest absolute Gasteiger partial charge is 0.265 e. The predicted molar refractivity (Wildman–Crippen MR) is 86.6 cm³/mol. The van der Waals surface area contributed by atoms with Crippen LogP contribution in [0.15, 0.2) is 21.4 Å². The number of likely N-dealkylation sites (tertiary alicyclic amines) is 1. The largest absolute Gasteiger partial charge is 0.338 e. The minimum absolute atomic E-state index is 0.0563. The second kappa shape index (κ2) is 6.10. The molecule has 2 aromatic rings. The molecular formula is C14H17BrN2O2S. The summed E-state index contributed by atoms with van der Waals surface area (Å²) in [5.74, 6) is 0.0572. The fourth-order valence-electron chi connectivity index (χ4n) is 1.97. The van der Waals surface area contributed by atoms with Gasteiger partial charge >= 0.3 is 0 Å². The van der Waals surface area contributed by atoms with Gasteiger partial charge in [0.1, 0.15) is 9.71 Å². The van der Waals surface area contributed by atoms with Crippen molar-refractivity contribution in [3.05, 3.63) is 31.8 Å². The van der Waals surface area contributed by atoms with Crippen LogP contribution in [0.1, 0.15) is 29.9 Å². The molecule has 3 heterocycles. The third-order valence-corrected chi connectivity index (χ3v) is 5.59. The number of nitrogens with zero attached hydrogens (tertiary/aromatic N) is 2. The summed E-state index contributed by atoms with van der Waals surface area (Å²) in [7, 11) is 1.73. The van der Waals surface area contributed by atoms with Crippen LogP contribution in [0.5, 0.6) is 0 Å². The van der Waals surface area contributed by atoms with Gasteiger partial charge in [0.2, 0.25) is 0 Å². The first kappa shape index (κ1) is 15.3. The minimum Gasteiger partial charge on any atom is -0.338 e. The van der Waals surface area contributed by atoms with Crippen LogP contribution in [0.4, 0.5) is 0 Å². The Morgan fingerprint density at radius 1 is 1.30 bits per heavy atom. The van der Waals surface area contributed by atoms with Crippen LogP contribution in [-0.4, -0.2) is 28.5 Å². The van der Waals surface area contributed by atoms with E-state index in [1.165, 1.54) is 17.4 Å². The zero-order valence-corrected chi connectivity index (χ0v) is 14.2. The van der Waals surface area contributed by atoms with E-state index in [0.717, 1.165) is 34.2 Å². The van der Waals surface area contributed by atoms with Crippen molar-refractivity contribution in [1.82, 2.24) is 9.47 Å². The second-order valence-electron chi connectivity index (χ2n) is 4.34. The van der Waals surface area contributed by atoms with Crippen LogP contribution in [-0.2, 0) is 7.05 Å². The molecule has 0 bridgehead atoms. The van der Waals surface area contributed by atoms with Crippen molar-refractivity contribution >= 4 is 43.4 Å². The van der Waals surface area contributed by atoms with Crippen molar-refractivity contribution in [1.29, 1.82) is 0 Å². The first-order chi connectivity index (χ1) is 9.59. The summed E-state index contributed by atoms with van der Waals surface area (Å²) < 4.78 is 2.38. The van der Waals surface area contributed by atoms with Gasteiger partial charge in [0, 0.05) is 31.6 Å². The number of fused-ring (bicyclic) bond motifs is 1. The standard InChI is InChI=1S/C12H11BrN2O2S.C2H6/c1-14-8(16)4-3-7-9(13)10(18-12(7)14)11(17)15-5-2-6-15;1-2/h3-4H,2,5-6H2,1H3;1-2H3. The monoisotopic (exact) mass is 356 g/mol. The van der Waals surface area contributed by atoms with Gasteiger partial charge in [-0.3, -0.25) is 9.59 Å². The number of rotatable bonds is 1. The first-order valence-corrected chi connectivity index (χ1v) is 8.28. The molecule has 0 aliphatic carbocycles. The molecule has 0 aromatic carbocycles. The summed E-state index contributed by atoms with van der Waals surface area (Å²) >= 11 is 4.86. The van der Waals surface area contributed by atoms with Crippen molar-refractivity contribution in [3.63, 3.8) is 0 Å². The zero-order valence-electron chi connectivity index (χ0n) is 11.8. The second-order valence-corrected chi connectivity index (χ2v) is 6.13. The summed E-state index contributed by atoms with van der Waals surface area (Å²) in [4.78, 5) is 27.2. The van der Waals surface area contributed by atoms with Gasteiger partial charge in [0.05, 0.1) is 4.47 Å². The number of carbonyl (C=O) groups is 1. The quantitative estimate of drug-likeness (QED) is 0.786. The van der Waals surface area contributed by atoms with Crippen LogP contribution in [0.3, 0.4) is 0 Å². The Morgan fingerprint density at radius 2 is 1.95 bits per heavy atom. The van der Waals surface area contributed by atoms with Crippen molar-refractivity contribution < 1.29 is 4.79 Å². The molecule has 1 fully saturated rings. The number of aromatic nitrogens is 1. The minimum atomic E-state index is -0.0563. The Bertz CT molecular complexity index is 701. The molecule has 0 unspecified atom stereocenters. The molecule has 3 rings (SSSR count). The zero-order chi connectivity index (χ0) is 14.9. The predicted octanol–water partition coefficient (Wildman–Crippen LogP) is 3.23. The van der Waals surface area contributed by atoms with E-state index in [9.17, 15) is 9.59 Å². The van der Waals surface area contributed by atoms with E-state index in [1.54, 1.807) is 17.7 Å². The van der Waals surface area contributed by atoms with Gasteiger partial charge in [-0.25, -0.2) is 0 Å². The molecule has 2 aromatic heterocycles. The van der Waals surface area contributed by atoms with Crippen molar-refractivity contribution in [3.8, 4) is 0 Å². The summed E-state index contributed by atoms with van der Waals surface area (Å²) in [6.07, 6.45) is 1.08. The molecule has 1 amide bonds. The fraction of sp³-hybridized carbons (Fsp3) is 0.429. The van der Waals surface area contributed by atoms with Crippen LogP contribution in [0, 0.1) is 0 Å². The molecule has 0 spiro atoms. The van der Waals surface area contributed by atoms with Crippen molar-refractivity contribution in [2.45, 2.75) is 20.3 Å². The lowest BCUT2D eigenvalue weighted by Crippen LogP contribution is -2.41. The van der Waals surface area contributed by atoms with E-state index in [2.05, 4.69) is 15.9 Å². The summed E-state index contributed by atoms with van der Waals surface area (Å²) in [6.45, 7) is 5.66. The van der Waals surface area contributed by atoms with Crippen molar-refractivity contribution in [2.75, 3.05) is 13.1 Å². The summed E-state index contributed by atoms with van der Waals surface area (Å²) in [5, 5.41) is 0.922. The molecular weight excluding hydrogens is 340 g/mol. The number of thiophene rings is 1. The highest BCUT2D eigenvalue weighted by molar-refractivity contribution is 9.10. The maximum atomic E-state index is 12.2. The summed E-state index contributed by atoms with van der Waals surface area (Å²) in [6, 6.07) is 3.29. The summed E-state index contributed by atoms with van der Waals surface area (Å²) in [5.41, 5.74) is -0.0563. The first-order valence-electron chi connectivity index (χ1n) is 6.67. The van der Waals surface area contributed by atoms with E-state index in [-0.39, 0.29) is 11.5 Å². The lowest BCUT2D eigenvalue weighted by Gasteiger charge is -2.30. The Hall–Kier alpha value is -1.14. The average molecular weight is 357 g/mol. The van der Waals surface area contributed by atoms with Crippen molar-refractivity contribution in [2.24, 2.45) is 7.05 Å². The molecule has 4 nitrogen and oxygen atoms in total. The van der Waals surface area contributed by atoms with Crippen LogP contribution < -0.4 is 5.56 Å². The number of hydrogen-bond donors (Lipinski definition) is 0. The molecule has 1 saturated heterocycles. The topological polar surface area (TPSA) is 42.3 Å². The van der Waals surface area contributed by atoms with E-state index >= 15 is 0 Å². The third-order valence-electron chi connectivity index (χ3n) is 3.23. The van der Waals surface area contributed by atoms with E-state index < -0.39 is 0 Å². The molecule has 0 N–H and O–H groups in total. The molecule has 6 heteroatoms. The van der Waals surface area contributed by atoms with Gasteiger partial charge < -0.3 is 9.47 Å². The maximum absolute atomic E-state index is 12.2. The van der Waals surface area contributed by atoms with Crippen LogP contribution in [0.25, 0.3) is 10.2 Å². The van der Waals surface area contributed by atoms with Gasteiger partial charge in [-0.1, -0.05) is 13.8 Å². The Balaban J connectivity index is 0.000000704. The number of amides is 1. The Morgan fingerprint density at radius 3 is 2.50 bits per heavy atom. The van der Waals surface area contributed by atoms with Gasteiger partial charge in [0.15, 0.2) is 0 Å². The van der Waals surface area contributed by atoms with Gasteiger partial charge in [0.25, 0.3) is 11.5 Å². The highest BCUT2D eigenvalue weighted by Gasteiger charge is 2.26.